The molecule has 0 aliphatic carbocycles. The Morgan fingerprint density at radius 2 is 2.07 bits per heavy atom. The number of nitrogens with zero attached hydrogens (tertiary/aromatic N) is 1. The molecule has 1 atom stereocenters. The molecule has 0 radical (unpaired) electrons. The highest BCUT2D eigenvalue weighted by Crippen LogP contribution is 2.15. The smallest absolute Gasteiger partial charge is 0.408 e. The molecule has 88 valence electrons. The van der Waals surface area contributed by atoms with Gasteiger partial charge in [-0.3, -0.25) is 4.90 Å². The minimum Gasteiger partial charge on any atom is -0.465 e. The molecule has 1 unspecified atom stereocenters. The van der Waals surface area contributed by atoms with Crippen LogP contribution >= 0.6 is 0 Å². The predicted molar refractivity (Wildman–Crippen MR) is 55.0 cm³/mol. The number of hydrogen-bond acceptors (Lipinski definition) is 3. The van der Waals surface area contributed by atoms with Crippen molar-refractivity contribution in [3.05, 3.63) is 0 Å². The molecule has 0 aromatic carbocycles. The number of carboxylic acid groups (broad SMARTS) is 1. The molecule has 1 amide bonds. The van der Waals surface area contributed by atoms with Crippen molar-refractivity contribution in [3.8, 4) is 0 Å². The molecular formula is C8H16N2O4S. The van der Waals surface area contributed by atoms with Gasteiger partial charge in [0.15, 0.2) is 0 Å². The Bertz CT molecular complexity index is 328. The van der Waals surface area contributed by atoms with Gasteiger partial charge in [0.25, 0.3) is 0 Å². The SMILES string of the molecule is CS(=O)(=O)NC1CCCCCN1C(=O)O. The molecule has 0 bridgehead atoms. The maximum atomic E-state index is 11.0. The summed E-state index contributed by atoms with van der Waals surface area (Å²) in [7, 11) is -3.36. The first-order valence-electron chi connectivity index (χ1n) is 4.87. The van der Waals surface area contributed by atoms with E-state index in [9.17, 15) is 13.2 Å². The normalized spacial score (nSPS) is 23.5. The Balaban J connectivity index is 2.75. The monoisotopic (exact) mass is 236 g/mol. The standard InChI is InChI=1S/C8H16N2O4S/c1-15(13,14)9-7-5-3-2-4-6-10(7)8(11)12/h7,9H,2-6H2,1H3,(H,11,12). The predicted octanol–water partition coefficient (Wildman–Crippen LogP) is 0.416. The van der Waals surface area contributed by atoms with Crippen molar-refractivity contribution in [1.29, 1.82) is 0 Å². The second kappa shape index (κ2) is 4.80. The first kappa shape index (κ1) is 12.3. The van der Waals surface area contributed by atoms with Crippen LogP contribution in [0.1, 0.15) is 25.7 Å². The Hall–Kier alpha value is -0.820. The van der Waals surface area contributed by atoms with Crippen molar-refractivity contribution in [2.45, 2.75) is 31.8 Å². The summed E-state index contributed by atoms with van der Waals surface area (Å²) in [5.41, 5.74) is 0. The molecule has 0 saturated carbocycles. The van der Waals surface area contributed by atoms with Crippen LogP contribution in [0.15, 0.2) is 0 Å². The lowest BCUT2D eigenvalue weighted by atomic mass is 10.2. The quantitative estimate of drug-likeness (QED) is 0.727. The Kier molecular flexibility index (Phi) is 3.92. The van der Waals surface area contributed by atoms with E-state index in [1.165, 1.54) is 0 Å². The average Bonchev–Trinajstić information content (AvgIpc) is 2.26. The summed E-state index contributed by atoms with van der Waals surface area (Å²) < 4.78 is 24.4. The summed E-state index contributed by atoms with van der Waals surface area (Å²) in [5, 5.41) is 8.92. The van der Waals surface area contributed by atoms with Gasteiger partial charge in [0.2, 0.25) is 10.0 Å². The zero-order valence-corrected chi connectivity index (χ0v) is 9.46. The Morgan fingerprint density at radius 1 is 1.40 bits per heavy atom. The van der Waals surface area contributed by atoms with E-state index < -0.39 is 22.3 Å². The van der Waals surface area contributed by atoms with E-state index in [4.69, 9.17) is 5.11 Å². The number of nitrogens with one attached hydrogen (secondary N) is 1. The summed E-state index contributed by atoms with van der Waals surface area (Å²) in [6.45, 7) is 0.391. The number of sulfonamides is 1. The summed E-state index contributed by atoms with van der Waals surface area (Å²) in [5.74, 6) is 0. The van der Waals surface area contributed by atoms with Gasteiger partial charge in [-0.25, -0.2) is 13.2 Å². The van der Waals surface area contributed by atoms with Crippen LogP contribution in [-0.4, -0.2) is 43.5 Å². The highest BCUT2D eigenvalue weighted by molar-refractivity contribution is 7.88. The molecule has 1 fully saturated rings. The van der Waals surface area contributed by atoms with Crippen LogP contribution in [0.2, 0.25) is 0 Å². The van der Waals surface area contributed by atoms with Gasteiger partial charge in [0.1, 0.15) is 0 Å². The Labute approximate surface area is 89.3 Å². The van der Waals surface area contributed by atoms with Crippen molar-refractivity contribution in [3.63, 3.8) is 0 Å². The fourth-order valence-electron chi connectivity index (χ4n) is 1.71. The summed E-state index contributed by atoms with van der Waals surface area (Å²) >= 11 is 0. The number of likely N-dealkylation sites (tertiary alicyclic amines) is 1. The molecule has 1 saturated heterocycles. The third-order valence-electron chi connectivity index (χ3n) is 2.35. The zero-order chi connectivity index (χ0) is 11.5. The van der Waals surface area contributed by atoms with Crippen LogP contribution in [0.4, 0.5) is 4.79 Å². The van der Waals surface area contributed by atoms with E-state index in [-0.39, 0.29) is 0 Å². The third-order valence-corrected chi connectivity index (χ3v) is 3.05. The fourth-order valence-corrected chi connectivity index (χ4v) is 2.45. The van der Waals surface area contributed by atoms with Crippen molar-refractivity contribution in [2.75, 3.05) is 12.8 Å². The van der Waals surface area contributed by atoms with Gasteiger partial charge in [0.05, 0.1) is 12.4 Å². The van der Waals surface area contributed by atoms with Crippen molar-refractivity contribution >= 4 is 16.1 Å². The average molecular weight is 236 g/mol. The molecule has 7 heteroatoms. The van der Waals surface area contributed by atoms with Gasteiger partial charge < -0.3 is 5.11 Å². The van der Waals surface area contributed by atoms with Crippen LogP contribution in [0.5, 0.6) is 0 Å². The highest BCUT2D eigenvalue weighted by atomic mass is 32.2. The molecule has 6 nitrogen and oxygen atoms in total. The number of amides is 1. The first-order valence-corrected chi connectivity index (χ1v) is 6.76. The molecule has 0 aromatic heterocycles. The molecule has 1 aliphatic heterocycles. The van der Waals surface area contributed by atoms with E-state index in [1.807, 2.05) is 0 Å². The molecule has 15 heavy (non-hydrogen) atoms. The van der Waals surface area contributed by atoms with Gasteiger partial charge in [-0.15, -0.1) is 0 Å². The van der Waals surface area contributed by atoms with Gasteiger partial charge in [-0.05, 0) is 19.3 Å². The molecule has 1 aliphatic rings. The summed E-state index contributed by atoms with van der Waals surface area (Å²) in [4.78, 5) is 12.1. The molecule has 1 heterocycles. The molecule has 0 spiro atoms. The number of rotatable bonds is 2. The van der Waals surface area contributed by atoms with E-state index >= 15 is 0 Å². The highest BCUT2D eigenvalue weighted by Gasteiger charge is 2.26. The second-order valence-corrected chi connectivity index (χ2v) is 5.51. The largest absolute Gasteiger partial charge is 0.465 e. The van der Waals surface area contributed by atoms with Crippen molar-refractivity contribution in [1.82, 2.24) is 9.62 Å². The fraction of sp³-hybridized carbons (Fsp3) is 0.875. The maximum Gasteiger partial charge on any atom is 0.408 e. The maximum absolute atomic E-state index is 11.0. The van der Waals surface area contributed by atoms with Gasteiger partial charge >= 0.3 is 6.09 Å². The topological polar surface area (TPSA) is 86.7 Å². The van der Waals surface area contributed by atoms with Crippen LogP contribution in [0, 0.1) is 0 Å². The third kappa shape index (κ3) is 4.05. The van der Waals surface area contributed by atoms with Crippen molar-refractivity contribution < 1.29 is 18.3 Å². The van der Waals surface area contributed by atoms with Crippen LogP contribution < -0.4 is 4.72 Å². The van der Waals surface area contributed by atoms with E-state index in [2.05, 4.69) is 4.72 Å². The van der Waals surface area contributed by atoms with Gasteiger partial charge in [0, 0.05) is 6.54 Å². The molecule has 0 aromatic rings. The van der Waals surface area contributed by atoms with E-state index in [0.717, 1.165) is 30.4 Å². The Morgan fingerprint density at radius 3 is 2.60 bits per heavy atom. The van der Waals surface area contributed by atoms with E-state index in [0.29, 0.717) is 13.0 Å². The molecular weight excluding hydrogens is 220 g/mol. The minimum absolute atomic E-state index is 0.391. The summed E-state index contributed by atoms with van der Waals surface area (Å²) in [6.07, 6.45) is 2.46. The number of carbonyl (C=O) groups is 1. The van der Waals surface area contributed by atoms with E-state index in [1.54, 1.807) is 0 Å². The van der Waals surface area contributed by atoms with Gasteiger partial charge in [-0.2, -0.15) is 4.72 Å². The van der Waals surface area contributed by atoms with Gasteiger partial charge in [-0.1, -0.05) is 6.42 Å². The van der Waals surface area contributed by atoms with Crippen LogP contribution in [-0.2, 0) is 10.0 Å². The number of hydrogen-bond donors (Lipinski definition) is 2. The van der Waals surface area contributed by atoms with Crippen molar-refractivity contribution in [2.24, 2.45) is 0 Å². The summed E-state index contributed by atoms with van der Waals surface area (Å²) in [6, 6.07) is 0. The second-order valence-electron chi connectivity index (χ2n) is 3.73. The molecule has 2 N–H and O–H groups in total. The molecule has 1 rings (SSSR count). The van der Waals surface area contributed by atoms with Crippen LogP contribution in [0.3, 0.4) is 0 Å². The first-order chi connectivity index (χ1) is 6.90. The zero-order valence-electron chi connectivity index (χ0n) is 8.64. The lowest BCUT2D eigenvalue weighted by Gasteiger charge is -2.27. The van der Waals surface area contributed by atoms with Crippen LogP contribution in [0.25, 0.3) is 0 Å². The lowest BCUT2D eigenvalue weighted by Crippen LogP contribution is -2.49. The lowest BCUT2D eigenvalue weighted by molar-refractivity contribution is 0.122. The minimum atomic E-state index is -3.36.